The fraction of sp³-hybridized carbons (Fsp3) is 0.844. The van der Waals surface area contributed by atoms with E-state index < -0.39 is 23.3 Å². The van der Waals surface area contributed by atoms with Crippen molar-refractivity contribution in [2.24, 2.45) is 56.7 Å². The zero-order valence-electron chi connectivity index (χ0n) is 24.7. The molecule has 5 aliphatic carbocycles. The highest BCUT2D eigenvalue weighted by Gasteiger charge is 2.71. The quantitative estimate of drug-likeness (QED) is 0.382. The number of Topliss-reactive ketones (excluding diaryl/α,β-unsaturated/α-hetero) is 2. The van der Waals surface area contributed by atoms with Gasteiger partial charge in [-0.25, -0.2) is 0 Å². The minimum Gasteiger partial charge on any atom is -0.361 e. The summed E-state index contributed by atoms with van der Waals surface area (Å²) in [6.07, 6.45) is -0.172. The zero-order chi connectivity index (χ0) is 29.7. The molecule has 0 radical (unpaired) electrons. The maximum atomic E-state index is 14.4. The van der Waals surface area contributed by atoms with Crippen molar-refractivity contribution in [3.8, 4) is 6.07 Å². The maximum Gasteiger partial charge on any atom is 0.439 e. The summed E-state index contributed by atoms with van der Waals surface area (Å²) >= 11 is 0. The molecule has 5 aliphatic rings. The van der Waals surface area contributed by atoms with Crippen molar-refractivity contribution in [2.45, 2.75) is 105 Å². The Balaban J connectivity index is 1.56. The number of ether oxygens (including phenoxy) is 1. The molecule has 10 atom stereocenters. The zero-order valence-corrected chi connectivity index (χ0v) is 24.7. The van der Waals surface area contributed by atoms with Gasteiger partial charge in [-0.3, -0.25) is 9.59 Å². The Hall–Kier alpha value is -1.72. The molecule has 0 aromatic heterocycles. The van der Waals surface area contributed by atoms with Gasteiger partial charge in [0.05, 0.1) is 12.2 Å². The highest BCUT2D eigenvalue weighted by atomic mass is 19.4. The molecule has 10 unspecified atom stereocenters. The number of ketones is 2. The van der Waals surface area contributed by atoms with Gasteiger partial charge in [-0.1, -0.05) is 47.6 Å². The molecule has 0 aromatic rings. The number of carbonyl (C=O) groups is 2. The van der Waals surface area contributed by atoms with Crippen LogP contribution in [0.15, 0.2) is 11.6 Å². The molecule has 0 amide bonds. The van der Waals surface area contributed by atoms with E-state index in [0.717, 1.165) is 25.7 Å². The fourth-order valence-electron chi connectivity index (χ4n) is 10.6. The van der Waals surface area contributed by atoms with E-state index in [9.17, 15) is 33.1 Å². The van der Waals surface area contributed by atoms with Crippen LogP contribution in [0.2, 0.25) is 0 Å². The Bertz CT molecular complexity index is 1170. The van der Waals surface area contributed by atoms with Crippen LogP contribution in [-0.4, -0.2) is 35.7 Å². The molecule has 0 aliphatic heterocycles. The SMILES string of the molecule is CC1C(=O)C(C#N)=CC2(C)C1CCC1(C)C2CC(=O)C2C3CC(C)(C)CCC3(COC(O)C(F)(F)F)CCC21C. The van der Waals surface area contributed by atoms with Crippen molar-refractivity contribution in [2.75, 3.05) is 6.61 Å². The lowest BCUT2D eigenvalue weighted by Gasteiger charge is -2.71. The van der Waals surface area contributed by atoms with Crippen LogP contribution in [0.5, 0.6) is 0 Å². The van der Waals surface area contributed by atoms with Gasteiger partial charge in [-0.15, -0.1) is 0 Å². The summed E-state index contributed by atoms with van der Waals surface area (Å²) < 4.78 is 44.7. The molecule has 1 N–H and O–H groups in total. The number of fused-ring (bicyclic) bond motifs is 7. The second-order valence-corrected chi connectivity index (χ2v) is 15.4. The molecule has 4 saturated carbocycles. The minimum absolute atomic E-state index is 0.0289. The second kappa shape index (κ2) is 9.14. The lowest BCUT2D eigenvalue weighted by molar-refractivity contribution is -0.308. The van der Waals surface area contributed by atoms with E-state index in [4.69, 9.17) is 4.74 Å². The van der Waals surface area contributed by atoms with Crippen molar-refractivity contribution in [1.82, 2.24) is 0 Å². The first-order chi connectivity index (χ1) is 18.4. The predicted molar refractivity (Wildman–Crippen MR) is 142 cm³/mol. The average molecular weight is 564 g/mol. The number of allylic oxidation sites excluding steroid dienone is 2. The third-order valence-electron chi connectivity index (χ3n) is 13.1. The van der Waals surface area contributed by atoms with Crippen LogP contribution in [0.25, 0.3) is 0 Å². The topological polar surface area (TPSA) is 87.4 Å². The van der Waals surface area contributed by atoms with E-state index in [1.807, 2.05) is 13.0 Å². The summed E-state index contributed by atoms with van der Waals surface area (Å²) in [6, 6.07) is 2.12. The van der Waals surface area contributed by atoms with Gasteiger partial charge in [0.25, 0.3) is 6.29 Å². The van der Waals surface area contributed by atoms with Crippen LogP contribution in [0.3, 0.4) is 0 Å². The first-order valence-corrected chi connectivity index (χ1v) is 14.9. The molecule has 40 heavy (non-hydrogen) atoms. The normalized spacial score (nSPS) is 47.1. The van der Waals surface area contributed by atoms with E-state index in [1.54, 1.807) is 0 Å². The molecule has 5 nitrogen and oxygen atoms in total. The lowest BCUT2D eigenvalue weighted by Crippen LogP contribution is -2.68. The van der Waals surface area contributed by atoms with E-state index in [2.05, 4.69) is 40.7 Å². The molecule has 4 fully saturated rings. The molecule has 5 rings (SSSR count). The number of nitrogens with zero attached hydrogens (tertiary/aromatic N) is 1. The first-order valence-electron chi connectivity index (χ1n) is 14.9. The van der Waals surface area contributed by atoms with Crippen molar-refractivity contribution >= 4 is 11.6 Å². The van der Waals surface area contributed by atoms with Crippen molar-refractivity contribution < 1.29 is 32.6 Å². The van der Waals surface area contributed by atoms with Crippen molar-refractivity contribution in [3.63, 3.8) is 0 Å². The number of aliphatic hydroxyl groups excluding tert-OH is 1. The summed E-state index contributed by atoms with van der Waals surface area (Å²) in [5, 5.41) is 19.5. The smallest absolute Gasteiger partial charge is 0.361 e. The summed E-state index contributed by atoms with van der Waals surface area (Å²) in [5.74, 6) is -0.626. The Morgan fingerprint density at radius 3 is 2.33 bits per heavy atom. The average Bonchev–Trinajstić information content (AvgIpc) is 2.86. The van der Waals surface area contributed by atoms with Gasteiger partial charge in [0.2, 0.25) is 0 Å². The van der Waals surface area contributed by atoms with Crippen LogP contribution >= 0.6 is 0 Å². The van der Waals surface area contributed by atoms with Crippen molar-refractivity contribution in [1.29, 1.82) is 5.26 Å². The summed E-state index contributed by atoms with van der Waals surface area (Å²) in [6.45, 7) is 12.7. The third-order valence-corrected chi connectivity index (χ3v) is 13.1. The third kappa shape index (κ3) is 4.07. The lowest BCUT2D eigenvalue weighted by atomic mass is 9.32. The number of hydrogen-bond donors (Lipinski definition) is 1. The number of aliphatic hydroxyl groups is 1. The summed E-state index contributed by atoms with van der Waals surface area (Å²) in [4.78, 5) is 27.3. The van der Waals surface area contributed by atoms with Crippen LogP contribution in [-0.2, 0) is 14.3 Å². The van der Waals surface area contributed by atoms with Gasteiger partial charge in [0.1, 0.15) is 11.9 Å². The van der Waals surface area contributed by atoms with Gasteiger partial charge in [0.15, 0.2) is 5.78 Å². The molecular weight excluding hydrogens is 519 g/mol. The maximum absolute atomic E-state index is 14.4. The number of nitriles is 1. The number of carbonyl (C=O) groups excluding carboxylic acids is 2. The largest absolute Gasteiger partial charge is 0.439 e. The molecule has 0 aromatic carbocycles. The highest BCUT2D eigenvalue weighted by molar-refractivity contribution is 6.01. The van der Waals surface area contributed by atoms with Crippen LogP contribution < -0.4 is 0 Å². The number of hydrogen-bond acceptors (Lipinski definition) is 5. The first kappa shape index (κ1) is 29.8. The Morgan fingerprint density at radius 1 is 1.05 bits per heavy atom. The monoisotopic (exact) mass is 563 g/mol. The Morgan fingerprint density at radius 2 is 1.70 bits per heavy atom. The molecule has 0 spiro atoms. The molecule has 0 saturated heterocycles. The predicted octanol–water partition coefficient (Wildman–Crippen LogP) is 6.79. The van der Waals surface area contributed by atoms with Gasteiger partial charge in [-0.2, -0.15) is 18.4 Å². The van der Waals surface area contributed by atoms with Gasteiger partial charge in [0, 0.05) is 18.3 Å². The van der Waals surface area contributed by atoms with Gasteiger partial charge in [-0.05, 0) is 89.8 Å². The molecule has 8 heteroatoms. The fourth-order valence-corrected chi connectivity index (χ4v) is 10.6. The second-order valence-electron chi connectivity index (χ2n) is 15.4. The van der Waals surface area contributed by atoms with Crippen molar-refractivity contribution in [3.05, 3.63) is 11.6 Å². The Labute approximate surface area is 235 Å². The van der Waals surface area contributed by atoms with E-state index in [-0.39, 0.29) is 69.6 Å². The van der Waals surface area contributed by atoms with Crippen LogP contribution in [0.1, 0.15) is 92.9 Å². The van der Waals surface area contributed by atoms with Gasteiger partial charge < -0.3 is 9.84 Å². The molecular formula is C32H44F3NO4. The van der Waals surface area contributed by atoms with Crippen LogP contribution in [0, 0.1) is 68.0 Å². The number of alkyl halides is 3. The van der Waals surface area contributed by atoms with E-state index in [1.165, 1.54) is 0 Å². The molecule has 0 heterocycles. The van der Waals surface area contributed by atoms with Gasteiger partial charge >= 0.3 is 6.18 Å². The van der Waals surface area contributed by atoms with Crippen LogP contribution in [0.4, 0.5) is 13.2 Å². The summed E-state index contributed by atoms with van der Waals surface area (Å²) in [5.41, 5.74) is -1.53. The number of halogens is 3. The molecule has 222 valence electrons. The van der Waals surface area contributed by atoms with E-state index >= 15 is 0 Å². The molecule has 0 bridgehead atoms. The highest BCUT2D eigenvalue weighted by Crippen LogP contribution is 2.75. The Kier molecular flexibility index (Phi) is 6.80. The minimum atomic E-state index is -4.85. The number of rotatable bonds is 3. The summed E-state index contributed by atoms with van der Waals surface area (Å²) in [7, 11) is 0. The standard InChI is InChI=1S/C32H44F3NO4/c1-18-20-7-8-29(5)23(28(20,4)14-19(16-36)25(18)38)13-22(37)24-21-15-27(2,3)9-11-31(21,12-10-30(24,29)6)17-40-26(39)32(33,34)35/h14,18,20-21,23-24,26,39H,7-13,15,17H2,1-6H3. The van der Waals surface area contributed by atoms with E-state index in [0.29, 0.717) is 25.7 Å².